The van der Waals surface area contributed by atoms with Gasteiger partial charge in [0.25, 0.3) is 5.91 Å². The van der Waals surface area contributed by atoms with Crippen LogP contribution in [0.5, 0.6) is 0 Å². The van der Waals surface area contributed by atoms with E-state index in [2.05, 4.69) is 22.7 Å². The first-order chi connectivity index (χ1) is 13.1. The zero-order valence-corrected chi connectivity index (χ0v) is 16.6. The Hall–Kier alpha value is -2.21. The van der Waals surface area contributed by atoms with E-state index in [9.17, 15) is 4.79 Å². The lowest BCUT2D eigenvalue weighted by molar-refractivity contribution is 0.0732. The predicted molar refractivity (Wildman–Crippen MR) is 107 cm³/mol. The molecule has 1 unspecified atom stereocenters. The van der Waals surface area contributed by atoms with Crippen molar-refractivity contribution in [3.63, 3.8) is 0 Å². The summed E-state index contributed by atoms with van der Waals surface area (Å²) in [7, 11) is 2.05. The molecule has 140 valence electrons. The summed E-state index contributed by atoms with van der Waals surface area (Å²) >= 11 is 1.60. The van der Waals surface area contributed by atoms with Gasteiger partial charge in [-0.1, -0.05) is 12.1 Å². The fourth-order valence-electron chi connectivity index (χ4n) is 4.18. The first-order valence-electron chi connectivity index (χ1n) is 9.80. The first kappa shape index (κ1) is 16.9. The van der Waals surface area contributed by atoms with Crippen molar-refractivity contribution in [3.05, 3.63) is 45.7 Å². The van der Waals surface area contributed by atoms with Gasteiger partial charge in [-0.15, -0.1) is 11.3 Å². The number of carbonyl (C=O) groups excluding carboxylic acids is 1. The zero-order chi connectivity index (χ0) is 18.5. The molecular formula is C21H24N4OS. The first-order valence-corrected chi connectivity index (χ1v) is 10.6. The summed E-state index contributed by atoms with van der Waals surface area (Å²) in [6, 6.07) is 8.22. The second-order valence-corrected chi connectivity index (χ2v) is 8.93. The van der Waals surface area contributed by atoms with Crippen LogP contribution in [0, 0.1) is 12.8 Å². The van der Waals surface area contributed by atoms with E-state index >= 15 is 0 Å². The SMILES string of the molecule is Cc1nc(CC2CC2)sc1C(=O)N1CCCC1c1nc2ccccc2n1C. The number of aryl methyl sites for hydroxylation is 2. The molecule has 0 radical (unpaired) electrons. The highest BCUT2D eigenvalue weighted by molar-refractivity contribution is 7.13. The van der Waals surface area contributed by atoms with Crippen LogP contribution < -0.4 is 0 Å². The van der Waals surface area contributed by atoms with Crippen molar-refractivity contribution >= 4 is 28.3 Å². The van der Waals surface area contributed by atoms with Gasteiger partial charge in [0.1, 0.15) is 10.7 Å². The number of imidazole rings is 1. The van der Waals surface area contributed by atoms with E-state index < -0.39 is 0 Å². The number of benzene rings is 1. The average molecular weight is 381 g/mol. The second kappa shape index (κ2) is 6.44. The van der Waals surface area contributed by atoms with Crippen molar-refractivity contribution < 1.29 is 4.79 Å². The van der Waals surface area contributed by atoms with E-state index in [1.807, 2.05) is 30.0 Å². The summed E-state index contributed by atoms with van der Waals surface area (Å²) in [5, 5.41) is 1.12. The van der Waals surface area contributed by atoms with Crippen LogP contribution in [-0.4, -0.2) is 31.9 Å². The van der Waals surface area contributed by atoms with Gasteiger partial charge in [-0.05, 0) is 50.7 Å². The van der Waals surface area contributed by atoms with Crippen molar-refractivity contribution in [2.24, 2.45) is 13.0 Å². The summed E-state index contributed by atoms with van der Waals surface area (Å²) in [5.41, 5.74) is 3.00. The molecule has 1 aromatic carbocycles. The van der Waals surface area contributed by atoms with E-state index in [-0.39, 0.29) is 11.9 Å². The number of hydrogen-bond donors (Lipinski definition) is 0. The Morgan fingerprint density at radius 3 is 2.81 bits per heavy atom. The van der Waals surface area contributed by atoms with Gasteiger partial charge >= 0.3 is 0 Å². The summed E-state index contributed by atoms with van der Waals surface area (Å²) in [6.45, 7) is 2.77. The minimum atomic E-state index is 0.0447. The minimum absolute atomic E-state index is 0.0447. The van der Waals surface area contributed by atoms with E-state index in [0.29, 0.717) is 0 Å². The highest BCUT2D eigenvalue weighted by Crippen LogP contribution is 2.37. The maximum absolute atomic E-state index is 13.4. The highest BCUT2D eigenvalue weighted by Gasteiger charge is 2.35. The predicted octanol–water partition coefficient (Wildman–Crippen LogP) is 4.27. The molecule has 3 heterocycles. The maximum atomic E-state index is 13.4. The topological polar surface area (TPSA) is 51.0 Å². The number of thiazole rings is 1. The van der Waals surface area contributed by atoms with Crippen LogP contribution in [0.15, 0.2) is 24.3 Å². The molecule has 0 bridgehead atoms. The summed E-state index contributed by atoms with van der Waals surface area (Å²) in [5.74, 6) is 1.90. The molecule has 5 rings (SSSR count). The van der Waals surface area contributed by atoms with Gasteiger partial charge in [0, 0.05) is 20.0 Å². The molecule has 2 fully saturated rings. The largest absolute Gasteiger partial charge is 0.329 e. The van der Waals surface area contributed by atoms with E-state index in [1.165, 1.54) is 12.8 Å². The molecule has 0 N–H and O–H groups in total. The normalized spacial score (nSPS) is 19.9. The Kier molecular flexibility index (Phi) is 4.04. The third kappa shape index (κ3) is 2.96. The Balaban J connectivity index is 1.46. The van der Waals surface area contributed by atoms with Crippen LogP contribution in [0.25, 0.3) is 11.0 Å². The van der Waals surface area contributed by atoms with Crippen LogP contribution in [0.2, 0.25) is 0 Å². The Morgan fingerprint density at radius 2 is 2.04 bits per heavy atom. The molecule has 6 heteroatoms. The molecular weight excluding hydrogens is 356 g/mol. The molecule has 1 amide bonds. The monoisotopic (exact) mass is 380 g/mol. The number of nitrogens with zero attached hydrogens (tertiary/aromatic N) is 4. The average Bonchev–Trinajstić information content (AvgIpc) is 3.08. The smallest absolute Gasteiger partial charge is 0.266 e. The van der Waals surface area contributed by atoms with Gasteiger partial charge in [-0.25, -0.2) is 9.97 Å². The third-order valence-corrected chi connectivity index (χ3v) is 7.00. The standard InChI is InChI=1S/C21H24N4OS/c1-13-19(27-18(22-13)12-14-9-10-14)21(26)25-11-5-8-17(25)20-23-15-6-3-4-7-16(15)24(20)2/h3-4,6-7,14,17H,5,8-12H2,1-2H3. The summed E-state index contributed by atoms with van der Waals surface area (Å²) < 4.78 is 2.14. The number of rotatable bonds is 4. The minimum Gasteiger partial charge on any atom is -0.329 e. The van der Waals surface area contributed by atoms with Gasteiger partial charge in [0.05, 0.1) is 27.8 Å². The lowest BCUT2D eigenvalue weighted by Gasteiger charge is -2.24. The molecule has 5 nitrogen and oxygen atoms in total. The van der Waals surface area contributed by atoms with Crippen LogP contribution in [0.1, 0.15) is 57.9 Å². The Morgan fingerprint density at radius 1 is 1.22 bits per heavy atom. The highest BCUT2D eigenvalue weighted by atomic mass is 32.1. The molecule has 3 aromatic rings. The number of amides is 1. The van der Waals surface area contributed by atoms with Crippen LogP contribution >= 0.6 is 11.3 Å². The van der Waals surface area contributed by atoms with Crippen molar-refractivity contribution in [1.29, 1.82) is 0 Å². The van der Waals surface area contributed by atoms with Crippen molar-refractivity contribution in [3.8, 4) is 0 Å². The van der Waals surface area contributed by atoms with Crippen LogP contribution in [-0.2, 0) is 13.5 Å². The molecule has 1 atom stereocenters. The lowest BCUT2D eigenvalue weighted by Crippen LogP contribution is -2.31. The van der Waals surface area contributed by atoms with E-state index in [4.69, 9.17) is 4.98 Å². The van der Waals surface area contributed by atoms with Crippen LogP contribution in [0.4, 0.5) is 0 Å². The lowest BCUT2D eigenvalue weighted by atomic mass is 10.2. The number of aromatic nitrogens is 3. The molecule has 1 saturated heterocycles. The third-order valence-electron chi connectivity index (χ3n) is 5.83. The molecule has 2 aliphatic rings. The maximum Gasteiger partial charge on any atom is 0.266 e. The zero-order valence-electron chi connectivity index (χ0n) is 15.8. The van der Waals surface area contributed by atoms with Gasteiger partial charge in [-0.3, -0.25) is 4.79 Å². The molecule has 1 aliphatic heterocycles. The number of likely N-dealkylation sites (tertiary alicyclic amines) is 1. The summed E-state index contributed by atoms with van der Waals surface area (Å²) in [4.78, 5) is 25.7. The molecule has 2 aromatic heterocycles. The Labute approximate surface area is 163 Å². The van der Waals surface area contributed by atoms with Gasteiger partial charge in [0.2, 0.25) is 0 Å². The van der Waals surface area contributed by atoms with Crippen molar-refractivity contribution in [2.45, 2.75) is 45.1 Å². The number of hydrogen-bond acceptors (Lipinski definition) is 4. The fraction of sp³-hybridized carbons (Fsp3) is 0.476. The Bertz CT molecular complexity index is 1020. The molecule has 1 aliphatic carbocycles. The number of para-hydroxylation sites is 2. The van der Waals surface area contributed by atoms with E-state index in [0.717, 1.165) is 64.2 Å². The quantitative estimate of drug-likeness (QED) is 0.679. The molecule has 27 heavy (non-hydrogen) atoms. The van der Waals surface area contributed by atoms with Crippen LogP contribution in [0.3, 0.4) is 0 Å². The van der Waals surface area contributed by atoms with Gasteiger partial charge in [-0.2, -0.15) is 0 Å². The van der Waals surface area contributed by atoms with Gasteiger partial charge in [0.15, 0.2) is 0 Å². The number of fused-ring (bicyclic) bond motifs is 1. The second-order valence-electron chi connectivity index (χ2n) is 7.84. The van der Waals surface area contributed by atoms with Crippen molar-refractivity contribution in [1.82, 2.24) is 19.4 Å². The van der Waals surface area contributed by atoms with Gasteiger partial charge < -0.3 is 9.47 Å². The van der Waals surface area contributed by atoms with E-state index in [1.54, 1.807) is 11.3 Å². The van der Waals surface area contributed by atoms with Crippen molar-refractivity contribution in [2.75, 3.05) is 6.54 Å². The fourth-order valence-corrected chi connectivity index (χ4v) is 5.31. The molecule has 0 spiro atoms. The molecule has 1 saturated carbocycles. The number of carbonyl (C=O) groups is 1. The summed E-state index contributed by atoms with van der Waals surface area (Å²) in [6.07, 6.45) is 5.64.